The van der Waals surface area contributed by atoms with Crippen molar-refractivity contribution in [1.82, 2.24) is 9.88 Å². The smallest absolute Gasteiger partial charge is 0.255 e. The Hall–Kier alpha value is -2.62. The summed E-state index contributed by atoms with van der Waals surface area (Å²) in [5.41, 5.74) is 0.341. The monoisotopic (exact) mass is 448 g/mol. The predicted molar refractivity (Wildman–Crippen MR) is 119 cm³/mol. The first kappa shape index (κ1) is 24.0. The highest BCUT2D eigenvalue weighted by atomic mass is 19.1. The van der Waals surface area contributed by atoms with Gasteiger partial charge in [-0.3, -0.25) is 9.69 Å². The van der Waals surface area contributed by atoms with Crippen molar-refractivity contribution in [2.75, 3.05) is 49.5 Å². The van der Waals surface area contributed by atoms with Gasteiger partial charge in [0.25, 0.3) is 5.91 Å². The van der Waals surface area contributed by atoms with E-state index >= 15 is 0 Å². The fraction of sp³-hybridized carbons (Fsp3) is 0.478. The molecule has 0 saturated carbocycles. The number of carbonyl (C=O) groups excluding carboxylic acids is 1. The summed E-state index contributed by atoms with van der Waals surface area (Å²) in [6.07, 6.45) is 2.04. The van der Waals surface area contributed by atoms with Gasteiger partial charge in [0.2, 0.25) is 0 Å². The number of aromatic nitrogens is 1. The van der Waals surface area contributed by atoms with E-state index in [1.165, 1.54) is 6.20 Å². The van der Waals surface area contributed by atoms with E-state index in [9.17, 15) is 18.7 Å². The number of aliphatic hydroxyl groups excluding tert-OH is 1. The molecule has 0 radical (unpaired) electrons. The minimum atomic E-state index is -0.807. The number of amides is 1. The van der Waals surface area contributed by atoms with E-state index in [4.69, 9.17) is 4.74 Å². The number of hydrogen-bond donors (Lipinski definition) is 2. The summed E-state index contributed by atoms with van der Waals surface area (Å²) in [5.74, 6) is -1.44. The minimum Gasteiger partial charge on any atom is -0.389 e. The van der Waals surface area contributed by atoms with Gasteiger partial charge in [0.1, 0.15) is 17.5 Å². The molecule has 0 bridgehead atoms. The molecule has 9 heteroatoms. The molecule has 2 N–H and O–H groups in total. The van der Waals surface area contributed by atoms with Crippen LogP contribution in [0, 0.1) is 11.6 Å². The largest absolute Gasteiger partial charge is 0.389 e. The zero-order valence-corrected chi connectivity index (χ0v) is 18.4. The second kappa shape index (κ2) is 11.3. The van der Waals surface area contributed by atoms with E-state index < -0.39 is 23.6 Å². The molecule has 1 aliphatic rings. The third kappa shape index (κ3) is 7.22. The van der Waals surface area contributed by atoms with Crippen molar-refractivity contribution >= 4 is 17.4 Å². The Balaban J connectivity index is 1.52. The highest BCUT2D eigenvalue weighted by Gasteiger charge is 2.19. The topological polar surface area (TPSA) is 77.9 Å². The van der Waals surface area contributed by atoms with Crippen molar-refractivity contribution in [3.05, 3.63) is 53.7 Å². The molecule has 1 unspecified atom stereocenters. The first-order valence-corrected chi connectivity index (χ1v) is 10.8. The highest BCUT2D eigenvalue weighted by Crippen LogP contribution is 2.18. The lowest BCUT2D eigenvalue weighted by Crippen LogP contribution is -2.38. The van der Waals surface area contributed by atoms with Gasteiger partial charge in [0.05, 0.1) is 30.7 Å². The summed E-state index contributed by atoms with van der Waals surface area (Å²) in [5, 5.41) is 12.8. The average Bonchev–Trinajstić information content (AvgIpc) is 2.97. The lowest BCUT2D eigenvalue weighted by Gasteiger charge is -2.24. The second-order valence-electron chi connectivity index (χ2n) is 8.19. The third-order valence-electron chi connectivity index (χ3n) is 5.13. The van der Waals surface area contributed by atoms with Crippen LogP contribution in [0.15, 0.2) is 36.5 Å². The summed E-state index contributed by atoms with van der Waals surface area (Å²) in [7, 11) is 0. The standard InChI is InChI=1S/C23H30F2N4O3/c1-16(2)32-15-21(30)14-28-6-3-7-29(9-8-28)22-5-4-20(13-26-22)27-23(31)17-10-18(24)12-19(25)11-17/h4-5,10-13,16,21,30H,3,6-9,14-15H2,1-2H3,(H,27,31). The van der Waals surface area contributed by atoms with Crippen molar-refractivity contribution < 1.29 is 23.4 Å². The Morgan fingerprint density at radius 2 is 1.91 bits per heavy atom. The zero-order valence-electron chi connectivity index (χ0n) is 18.4. The Bertz CT molecular complexity index is 875. The summed E-state index contributed by atoms with van der Waals surface area (Å²) in [6, 6.07) is 6.20. The van der Waals surface area contributed by atoms with Crippen molar-refractivity contribution in [2.45, 2.75) is 32.5 Å². The van der Waals surface area contributed by atoms with Crippen LogP contribution in [0.25, 0.3) is 0 Å². The van der Waals surface area contributed by atoms with Crippen LogP contribution < -0.4 is 10.2 Å². The number of rotatable bonds is 8. The van der Waals surface area contributed by atoms with E-state index in [1.54, 1.807) is 6.07 Å². The van der Waals surface area contributed by atoms with Crippen LogP contribution >= 0.6 is 0 Å². The van der Waals surface area contributed by atoms with Crippen molar-refractivity contribution in [3.63, 3.8) is 0 Å². The Morgan fingerprint density at radius 1 is 1.16 bits per heavy atom. The zero-order chi connectivity index (χ0) is 23.1. The molecular weight excluding hydrogens is 418 g/mol. The number of anilines is 2. The Labute approximate surface area is 187 Å². The minimum absolute atomic E-state index is 0.0955. The molecule has 3 rings (SSSR count). The van der Waals surface area contributed by atoms with Gasteiger partial charge in [-0.05, 0) is 51.1 Å². The highest BCUT2D eigenvalue weighted by molar-refractivity contribution is 6.04. The predicted octanol–water partition coefficient (Wildman–Crippen LogP) is 2.91. The summed E-state index contributed by atoms with van der Waals surface area (Å²) >= 11 is 0. The number of hydrogen-bond acceptors (Lipinski definition) is 6. The van der Waals surface area contributed by atoms with Crippen LogP contribution in [0.4, 0.5) is 20.3 Å². The molecule has 1 saturated heterocycles. The molecule has 32 heavy (non-hydrogen) atoms. The van der Waals surface area contributed by atoms with Gasteiger partial charge in [-0.25, -0.2) is 13.8 Å². The summed E-state index contributed by atoms with van der Waals surface area (Å²) in [4.78, 5) is 21.1. The van der Waals surface area contributed by atoms with Crippen molar-refractivity contribution in [1.29, 1.82) is 0 Å². The van der Waals surface area contributed by atoms with Gasteiger partial charge < -0.3 is 20.1 Å². The van der Waals surface area contributed by atoms with E-state index in [0.717, 1.165) is 56.6 Å². The van der Waals surface area contributed by atoms with Crippen LogP contribution in [0.2, 0.25) is 0 Å². The second-order valence-corrected chi connectivity index (χ2v) is 8.19. The fourth-order valence-corrected chi connectivity index (χ4v) is 3.57. The molecule has 1 amide bonds. The van der Waals surface area contributed by atoms with E-state index in [-0.39, 0.29) is 11.7 Å². The van der Waals surface area contributed by atoms with E-state index in [0.29, 0.717) is 18.8 Å². The lowest BCUT2D eigenvalue weighted by molar-refractivity contribution is -0.00766. The van der Waals surface area contributed by atoms with Crippen LogP contribution in [0.3, 0.4) is 0 Å². The molecule has 0 spiro atoms. The van der Waals surface area contributed by atoms with Crippen molar-refractivity contribution in [2.24, 2.45) is 0 Å². The average molecular weight is 449 g/mol. The maximum Gasteiger partial charge on any atom is 0.255 e. The number of nitrogens with one attached hydrogen (secondary N) is 1. The molecule has 7 nitrogen and oxygen atoms in total. The molecule has 1 aliphatic heterocycles. The maximum absolute atomic E-state index is 13.3. The molecule has 0 aliphatic carbocycles. The number of nitrogens with zero attached hydrogens (tertiary/aromatic N) is 3. The van der Waals surface area contributed by atoms with Gasteiger partial charge in [0, 0.05) is 37.8 Å². The molecule has 2 heterocycles. The summed E-state index contributed by atoms with van der Waals surface area (Å²) < 4.78 is 32.1. The van der Waals surface area contributed by atoms with Crippen LogP contribution in [-0.4, -0.2) is 72.4 Å². The summed E-state index contributed by atoms with van der Waals surface area (Å²) in [6.45, 7) is 8.06. The molecular formula is C23H30F2N4O3. The van der Waals surface area contributed by atoms with Gasteiger partial charge >= 0.3 is 0 Å². The number of benzene rings is 1. The third-order valence-corrected chi connectivity index (χ3v) is 5.13. The van der Waals surface area contributed by atoms with E-state index in [1.807, 2.05) is 19.9 Å². The molecule has 1 atom stereocenters. The fourth-order valence-electron chi connectivity index (χ4n) is 3.57. The molecule has 2 aromatic rings. The molecule has 174 valence electrons. The maximum atomic E-state index is 13.3. The van der Waals surface area contributed by atoms with E-state index in [2.05, 4.69) is 20.1 Å². The van der Waals surface area contributed by atoms with Gasteiger partial charge in [-0.15, -0.1) is 0 Å². The molecule has 1 aromatic carbocycles. The number of pyridine rings is 1. The van der Waals surface area contributed by atoms with Crippen LogP contribution in [-0.2, 0) is 4.74 Å². The first-order chi connectivity index (χ1) is 15.3. The number of β-amino-alcohol motifs (C(OH)–C–C–N with tert-alkyl or cyclic N) is 1. The van der Waals surface area contributed by atoms with Crippen LogP contribution in [0.5, 0.6) is 0 Å². The van der Waals surface area contributed by atoms with Gasteiger partial charge in [-0.2, -0.15) is 0 Å². The van der Waals surface area contributed by atoms with Crippen LogP contribution in [0.1, 0.15) is 30.6 Å². The number of ether oxygens (including phenoxy) is 1. The lowest BCUT2D eigenvalue weighted by atomic mass is 10.2. The molecule has 1 fully saturated rings. The Kier molecular flexibility index (Phi) is 8.49. The number of carbonyl (C=O) groups is 1. The SMILES string of the molecule is CC(C)OCC(O)CN1CCCN(c2ccc(NC(=O)c3cc(F)cc(F)c3)cn2)CC1. The van der Waals surface area contributed by atoms with Crippen molar-refractivity contribution in [3.8, 4) is 0 Å². The quantitative estimate of drug-likeness (QED) is 0.647. The normalized spacial score (nSPS) is 16.1. The number of halogens is 2. The number of aliphatic hydroxyl groups is 1. The Morgan fingerprint density at radius 3 is 2.56 bits per heavy atom. The first-order valence-electron chi connectivity index (χ1n) is 10.8. The van der Waals surface area contributed by atoms with Gasteiger partial charge in [-0.1, -0.05) is 0 Å². The molecule has 1 aromatic heterocycles. The van der Waals surface area contributed by atoms with Gasteiger partial charge in [0.15, 0.2) is 0 Å².